The van der Waals surface area contributed by atoms with E-state index < -0.39 is 0 Å². The Kier molecular flexibility index (Phi) is 5.74. The standard InChI is InChI=1S/C22H24N6/c23-16-18-10-12-20(13-11-18)21(27-14-6-1-2-7-15-27)22-24-25-26-28(22)17-19-8-4-3-5-9-19/h3-5,8-13,21H,1-2,6-7,14-15,17H2/t21-/m0/s1. The highest BCUT2D eigenvalue weighted by molar-refractivity contribution is 5.35. The van der Waals surface area contributed by atoms with E-state index in [-0.39, 0.29) is 6.04 Å². The van der Waals surface area contributed by atoms with Crippen LogP contribution < -0.4 is 0 Å². The SMILES string of the molecule is N#Cc1ccc([C@@H](c2nnnn2Cc2ccccc2)N2CCCCCC2)cc1. The number of benzene rings is 2. The predicted molar refractivity (Wildman–Crippen MR) is 106 cm³/mol. The van der Waals surface area contributed by atoms with Crippen molar-refractivity contribution in [1.82, 2.24) is 25.1 Å². The molecule has 0 spiro atoms. The molecule has 2 aromatic carbocycles. The number of nitriles is 1. The Morgan fingerprint density at radius 1 is 0.929 bits per heavy atom. The molecular formula is C22H24N6. The summed E-state index contributed by atoms with van der Waals surface area (Å²) in [7, 11) is 0. The van der Waals surface area contributed by atoms with Gasteiger partial charge in [0.05, 0.1) is 24.2 Å². The quantitative estimate of drug-likeness (QED) is 0.685. The zero-order valence-corrected chi connectivity index (χ0v) is 15.9. The Labute approximate surface area is 165 Å². The predicted octanol–water partition coefficient (Wildman–Crippen LogP) is 3.56. The molecule has 1 atom stereocenters. The molecule has 0 radical (unpaired) electrons. The molecule has 0 unspecified atom stereocenters. The second kappa shape index (κ2) is 8.77. The van der Waals surface area contributed by atoms with Crippen LogP contribution in [0.2, 0.25) is 0 Å². The zero-order chi connectivity index (χ0) is 19.2. The molecule has 0 N–H and O–H groups in total. The molecule has 1 aliphatic rings. The molecule has 28 heavy (non-hydrogen) atoms. The van der Waals surface area contributed by atoms with Crippen LogP contribution in [-0.2, 0) is 6.54 Å². The number of hydrogen-bond acceptors (Lipinski definition) is 5. The van der Waals surface area contributed by atoms with Gasteiger partial charge >= 0.3 is 0 Å². The summed E-state index contributed by atoms with van der Waals surface area (Å²) in [5.41, 5.74) is 2.97. The van der Waals surface area contributed by atoms with E-state index in [1.165, 1.54) is 31.2 Å². The summed E-state index contributed by atoms with van der Waals surface area (Å²) in [5, 5.41) is 21.9. The molecule has 0 aliphatic carbocycles. The third-order valence-corrected chi connectivity index (χ3v) is 5.34. The van der Waals surface area contributed by atoms with Crippen molar-refractivity contribution in [1.29, 1.82) is 5.26 Å². The highest BCUT2D eigenvalue weighted by Crippen LogP contribution is 2.29. The average molecular weight is 372 g/mol. The van der Waals surface area contributed by atoms with E-state index in [1.54, 1.807) is 0 Å². The number of tetrazole rings is 1. The minimum absolute atomic E-state index is 0.00967. The summed E-state index contributed by atoms with van der Waals surface area (Å²) >= 11 is 0. The second-order valence-corrected chi connectivity index (χ2v) is 7.27. The van der Waals surface area contributed by atoms with Gasteiger partial charge in [0, 0.05) is 0 Å². The van der Waals surface area contributed by atoms with Crippen LogP contribution in [0.5, 0.6) is 0 Å². The van der Waals surface area contributed by atoms with Crippen LogP contribution in [0.4, 0.5) is 0 Å². The largest absolute Gasteiger partial charge is 0.290 e. The van der Waals surface area contributed by atoms with Crippen LogP contribution >= 0.6 is 0 Å². The molecule has 142 valence electrons. The first kappa shape index (κ1) is 18.3. The minimum atomic E-state index is -0.00967. The lowest BCUT2D eigenvalue weighted by Crippen LogP contribution is -2.33. The van der Waals surface area contributed by atoms with Crippen LogP contribution in [0.3, 0.4) is 0 Å². The van der Waals surface area contributed by atoms with Crippen molar-refractivity contribution in [3.8, 4) is 6.07 Å². The number of likely N-dealkylation sites (tertiary alicyclic amines) is 1. The van der Waals surface area contributed by atoms with Gasteiger partial charge in [-0.05, 0) is 59.6 Å². The lowest BCUT2D eigenvalue weighted by Gasteiger charge is -2.30. The minimum Gasteiger partial charge on any atom is -0.290 e. The van der Waals surface area contributed by atoms with Crippen LogP contribution in [0.1, 0.15) is 54.2 Å². The van der Waals surface area contributed by atoms with Crippen LogP contribution in [0.25, 0.3) is 0 Å². The molecular weight excluding hydrogens is 348 g/mol. The lowest BCUT2D eigenvalue weighted by atomic mass is 10.0. The maximum Gasteiger partial charge on any atom is 0.173 e. The van der Waals surface area contributed by atoms with Crippen molar-refractivity contribution in [2.24, 2.45) is 0 Å². The highest BCUT2D eigenvalue weighted by Gasteiger charge is 2.28. The van der Waals surface area contributed by atoms with Gasteiger partial charge in [-0.2, -0.15) is 5.26 Å². The van der Waals surface area contributed by atoms with Gasteiger partial charge in [0.1, 0.15) is 0 Å². The molecule has 2 heterocycles. The summed E-state index contributed by atoms with van der Waals surface area (Å²) in [5.74, 6) is 0.857. The zero-order valence-electron chi connectivity index (χ0n) is 15.9. The maximum atomic E-state index is 9.15. The van der Waals surface area contributed by atoms with Crippen molar-refractivity contribution in [2.75, 3.05) is 13.1 Å². The van der Waals surface area contributed by atoms with Crippen molar-refractivity contribution < 1.29 is 0 Å². The number of hydrogen-bond donors (Lipinski definition) is 0. The first-order chi connectivity index (χ1) is 13.8. The van der Waals surface area contributed by atoms with Gasteiger partial charge in [0.25, 0.3) is 0 Å². The van der Waals surface area contributed by atoms with Gasteiger partial charge in [-0.25, -0.2) is 4.68 Å². The Morgan fingerprint density at radius 3 is 2.32 bits per heavy atom. The average Bonchev–Trinajstić information content (AvgIpc) is 3.01. The van der Waals surface area contributed by atoms with Gasteiger partial charge in [-0.3, -0.25) is 4.90 Å². The smallest absolute Gasteiger partial charge is 0.173 e. The van der Waals surface area contributed by atoms with E-state index in [1.807, 2.05) is 47.1 Å². The lowest BCUT2D eigenvalue weighted by molar-refractivity contribution is 0.222. The molecule has 6 nitrogen and oxygen atoms in total. The Morgan fingerprint density at radius 2 is 1.64 bits per heavy atom. The molecule has 6 heteroatoms. The molecule has 0 bridgehead atoms. The Bertz CT molecular complexity index is 918. The van der Waals surface area contributed by atoms with Gasteiger partial charge in [-0.1, -0.05) is 55.3 Å². The van der Waals surface area contributed by atoms with E-state index in [4.69, 9.17) is 5.26 Å². The number of aromatic nitrogens is 4. The Hall–Kier alpha value is -3.04. The summed E-state index contributed by atoms with van der Waals surface area (Å²) in [6, 6.07) is 20.3. The van der Waals surface area contributed by atoms with Crippen molar-refractivity contribution >= 4 is 0 Å². The summed E-state index contributed by atoms with van der Waals surface area (Å²) in [4.78, 5) is 2.49. The van der Waals surface area contributed by atoms with Crippen LogP contribution in [0, 0.1) is 11.3 Å². The second-order valence-electron chi connectivity index (χ2n) is 7.27. The summed E-state index contributed by atoms with van der Waals surface area (Å²) in [6.45, 7) is 2.70. The fourth-order valence-electron chi connectivity index (χ4n) is 3.89. The molecule has 1 saturated heterocycles. The van der Waals surface area contributed by atoms with Gasteiger partial charge < -0.3 is 0 Å². The van der Waals surface area contributed by atoms with E-state index in [2.05, 4.69) is 38.6 Å². The van der Waals surface area contributed by atoms with Crippen molar-refractivity contribution in [3.05, 3.63) is 77.1 Å². The van der Waals surface area contributed by atoms with Crippen molar-refractivity contribution in [2.45, 2.75) is 38.3 Å². The van der Waals surface area contributed by atoms with Gasteiger partial charge in [-0.15, -0.1) is 5.10 Å². The van der Waals surface area contributed by atoms with E-state index in [9.17, 15) is 0 Å². The summed E-state index contributed by atoms with van der Waals surface area (Å²) in [6.07, 6.45) is 4.91. The van der Waals surface area contributed by atoms with E-state index >= 15 is 0 Å². The van der Waals surface area contributed by atoms with Crippen LogP contribution in [-0.4, -0.2) is 38.2 Å². The molecule has 1 aliphatic heterocycles. The molecule has 1 aromatic heterocycles. The first-order valence-corrected chi connectivity index (χ1v) is 9.89. The monoisotopic (exact) mass is 372 g/mol. The molecule has 1 fully saturated rings. The van der Waals surface area contributed by atoms with Crippen LogP contribution in [0.15, 0.2) is 54.6 Å². The first-order valence-electron chi connectivity index (χ1n) is 9.89. The van der Waals surface area contributed by atoms with Gasteiger partial charge in [0.2, 0.25) is 0 Å². The molecule has 0 saturated carbocycles. The number of nitrogens with zero attached hydrogens (tertiary/aromatic N) is 6. The van der Waals surface area contributed by atoms with Crippen molar-refractivity contribution in [3.63, 3.8) is 0 Å². The normalized spacial score (nSPS) is 16.2. The summed E-state index contributed by atoms with van der Waals surface area (Å²) < 4.78 is 1.91. The molecule has 4 rings (SSSR count). The third kappa shape index (κ3) is 4.10. The van der Waals surface area contributed by atoms with Gasteiger partial charge in [0.15, 0.2) is 5.82 Å². The third-order valence-electron chi connectivity index (χ3n) is 5.34. The fraction of sp³-hybridized carbons (Fsp3) is 0.364. The Balaban J connectivity index is 1.71. The maximum absolute atomic E-state index is 9.15. The molecule has 3 aromatic rings. The van der Waals surface area contributed by atoms with E-state index in [0.29, 0.717) is 12.1 Å². The highest BCUT2D eigenvalue weighted by atomic mass is 15.5. The topological polar surface area (TPSA) is 70.6 Å². The fourth-order valence-corrected chi connectivity index (χ4v) is 3.89. The van der Waals surface area contributed by atoms with E-state index in [0.717, 1.165) is 24.5 Å². The number of rotatable bonds is 5. The molecule has 0 amide bonds.